The van der Waals surface area contributed by atoms with Crippen molar-refractivity contribution >= 4 is 41.2 Å². The molecule has 0 saturated heterocycles. The van der Waals surface area contributed by atoms with Crippen molar-refractivity contribution < 1.29 is 14.4 Å². The van der Waals surface area contributed by atoms with E-state index in [1.807, 2.05) is 38.1 Å². The molecule has 0 aliphatic rings. The summed E-state index contributed by atoms with van der Waals surface area (Å²) in [5.41, 5.74) is 4.42. The highest BCUT2D eigenvalue weighted by Gasteiger charge is 2.26. The molecule has 3 N–H and O–H groups in total. The second kappa shape index (κ2) is 5.92. The van der Waals surface area contributed by atoms with Gasteiger partial charge in [0.15, 0.2) is 5.82 Å². The molecule has 2 heterocycles. The molecule has 0 aliphatic carbocycles. The lowest BCUT2D eigenvalue weighted by atomic mass is 10.1. The van der Waals surface area contributed by atoms with Crippen LogP contribution in [-0.4, -0.2) is 24.2 Å². The number of benzene rings is 2. The van der Waals surface area contributed by atoms with Gasteiger partial charge in [-0.3, -0.25) is 8.97 Å². The fraction of sp³-hybridized carbons (Fsp3) is 0.111. The third-order valence-electron chi connectivity index (χ3n) is 4.33. The molecule has 132 valence electrons. The predicted octanol–water partition coefficient (Wildman–Crippen LogP) is 3.05. The fourth-order valence-corrected chi connectivity index (χ4v) is 3.78. The summed E-state index contributed by atoms with van der Waals surface area (Å²) >= 11 is 0. The van der Waals surface area contributed by atoms with Crippen molar-refractivity contribution in [3.63, 3.8) is 0 Å². The van der Waals surface area contributed by atoms with Crippen LogP contribution in [0.2, 0.25) is 0 Å². The summed E-state index contributed by atoms with van der Waals surface area (Å²) in [6.45, 7) is 3.98. The van der Waals surface area contributed by atoms with E-state index in [1.165, 1.54) is 10.6 Å². The molecule has 26 heavy (non-hydrogen) atoms. The van der Waals surface area contributed by atoms with Gasteiger partial charge in [-0.15, -0.1) is 0 Å². The Bertz CT molecular complexity index is 1180. The van der Waals surface area contributed by atoms with E-state index in [9.17, 15) is 14.4 Å². The number of fused-ring (bicyclic) bond motifs is 3. The smallest absolute Gasteiger partial charge is 0.338 e. The molecular weight excluding hydrogens is 351 g/mol. The number of para-hydroxylation sites is 3. The highest BCUT2D eigenvalue weighted by atomic mass is 31.2. The van der Waals surface area contributed by atoms with Gasteiger partial charge in [0.1, 0.15) is 5.52 Å². The van der Waals surface area contributed by atoms with Gasteiger partial charge in [-0.05, 0) is 37.1 Å². The first-order chi connectivity index (χ1) is 12.4. The summed E-state index contributed by atoms with van der Waals surface area (Å²) < 4.78 is 13.4. The Labute approximate surface area is 149 Å². The predicted molar refractivity (Wildman–Crippen MR) is 101 cm³/mol. The van der Waals surface area contributed by atoms with Gasteiger partial charge in [0.2, 0.25) is 5.57 Å². The number of hydrogen-bond donors (Lipinski definition) is 3. The van der Waals surface area contributed by atoms with Crippen LogP contribution in [0.1, 0.15) is 11.1 Å². The third kappa shape index (κ3) is 2.66. The minimum absolute atomic E-state index is 0.296. The topological polar surface area (TPSA) is 99.8 Å². The minimum atomic E-state index is -4.55. The van der Waals surface area contributed by atoms with Gasteiger partial charge in [-0.1, -0.05) is 30.3 Å². The summed E-state index contributed by atoms with van der Waals surface area (Å²) in [6, 6.07) is 13.1. The van der Waals surface area contributed by atoms with Crippen molar-refractivity contribution in [1.29, 1.82) is 0 Å². The molecule has 8 heteroatoms. The average molecular weight is 368 g/mol. The Morgan fingerprint density at radius 2 is 1.69 bits per heavy atom. The standard InChI is InChI=1S/C18H17N4O3P/c1-11-6-5-7-12(2)16(11)21-17-15-10-19-18(26(23,24)25)22(15)14-9-4-3-8-13(14)20-17/h3-10H,1-2H3,(H,20,21)(H2,23,24,25). The van der Waals surface area contributed by atoms with Crippen molar-refractivity contribution in [2.45, 2.75) is 13.8 Å². The summed E-state index contributed by atoms with van der Waals surface area (Å²) in [6.07, 6.45) is 1.43. The third-order valence-corrected chi connectivity index (χ3v) is 5.16. The lowest BCUT2D eigenvalue weighted by Gasteiger charge is -2.15. The molecule has 0 radical (unpaired) electrons. The number of anilines is 2. The Morgan fingerprint density at radius 1 is 1.00 bits per heavy atom. The van der Waals surface area contributed by atoms with Crippen LogP contribution in [0.15, 0.2) is 48.7 Å². The monoisotopic (exact) mass is 368 g/mol. The largest absolute Gasteiger partial charge is 0.391 e. The highest BCUT2D eigenvalue weighted by molar-refractivity contribution is 7.59. The van der Waals surface area contributed by atoms with E-state index in [2.05, 4.69) is 15.3 Å². The molecule has 2 aromatic carbocycles. The van der Waals surface area contributed by atoms with E-state index in [0.29, 0.717) is 22.4 Å². The van der Waals surface area contributed by atoms with Crippen molar-refractivity contribution in [2.75, 3.05) is 5.32 Å². The molecule has 0 unspecified atom stereocenters. The zero-order chi connectivity index (χ0) is 18.5. The summed E-state index contributed by atoms with van der Waals surface area (Å²) in [5, 5.41) is 3.32. The second-order valence-electron chi connectivity index (χ2n) is 6.16. The van der Waals surface area contributed by atoms with Gasteiger partial charge in [-0.2, -0.15) is 0 Å². The molecule has 2 aromatic heterocycles. The van der Waals surface area contributed by atoms with Crippen molar-refractivity contribution in [3.8, 4) is 0 Å². The molecule has 0 saturated carbocycles. The number of nitrogens with zero attached hydrogens (tertiary/aromatic N) is 3. The molecule has 0 aliphatic heterocycles. The Hall–Kier alpha value is -2.73. The molecule has 0 atom stereocenters. The number of aromatic nitrogens is 3. The number of rotatable bonds is 3. The molecule has 4 rings (SSSR count). The minimum Gasteiger partial charge on any atom is -0.338 e. The van der Waals surface area contributed by atoms with Crippen molar-refractivity contribution in [3.05, 3.63) is 59.8 Å². The van der Waals surface area contributed by atoms with Gasteiger partial charge in [0, 0.05) is 5.69 Å². The number of aryl methyl sites for hydroxylation is 2. The summed E-state index contributed by atoms with van der Waals surface area (Å²) in [7, 11) is -4.55. The Kier molecular flexibility index (Phi) is 3.80. The van der Waals surface area contributed by atoms with Crippen LogP contribution < -0.4 is 10.9 Å². The molecule has 7 nitrogen and oxygen atoms in total. The first kappa shape index (κ1) is 16.7. The maximum atomic E-state index is 11.9. The SMILES string of the molecule is Cc1cccc(C)c1Nc1nc2ccccc2n2c(P(=O)(O)O)ncc12. The van der Waals surface area contributed by atoms with Crippen LogP contribution in [0.4, 0.5) is 11.5 Å². The first-order valence-electron chi connectivity index (χ1n) is 8.02. The maximum Gasteiger partial charge on any atom is 0.391 e. The van der Waals surface area contributed by atoms with Crippen LogP contribution >= 0.6 is 7.60 Å². The summed E-state index contributed by atoms with van der Waals surface area (Å²) in [4.78, 5) is 28.0. The molecular formula is C18H17N4O3P. The van der Waals surface area contributed by atoms with Crippen molar-refractivity contribution in [2.24, 2.45) is 0 Å². The molecule has 0 fully saturated rings. The zero-order valence-electron chi connectivity index (χ0n) is 14.2. The molecule has 0 amide bonds. The van der Waals surface area contributed by atoms with E-state index in [-0.39, 0.29) is 5.57 Å². The Morgan fingerprint density at radius 3 is 2.38 bits per heavy atom. The fourth-order valence-electron chi connectivity index (χ4n) is 3.10. The van der Waals surface area contributed by atoms with E-state index in [4.69, 9.17) is 0 Å². The van der Waals surface area contributed by atoms with Crippen LogP contribution in [0.3, 0.4) is 0 Å². The second-order valence-corrected chi connectivity index (χ2v) is 7.65. The highest BCUT2D eigenvalue weighted by Crippen LogP contribution is 2.35. The quantitative estimate of drug-likeness (QED) is 0.481. The van der Waals surface area contributed by atoms with Crippen LogP contribution in [0.25, 0.3) is 16.6 Å². The molecule has 4 aromatic rings. The van der Waals surface area contributed by atoms with Crippen LogP contribution in [0.5, 0.6) is 0 Å². The van der Waals surface area contributed by atoms with E-state index in [1.54, 1.807) is 18.2 Å². The average Bonchev–Trinajstić information content (AvgIpc) is 3.04. The van der Waals surface area contributed by atoms with E-state index >= 15 is 0 Å². The molecule has 0 bridgehead atoms. The van der Waals surface area contributed by atoms with Gasteiger partial charge < -0.3 is 15.1 Å². The zero-order valence-corrected chi connectivity index (χ0v) is 15.1. The van der Waals surface area contributed by atoms with E-state index < -0.39 is 7.60 Å². The van der Waals surface area contributed by atoms with Gasteiger partial charge in [0.25, 0.3) is 0 Å². The normalized spacial score (nSPS) is 12.0. The van der Waals surface area contributed by atoms with E-state index in [0.717, 1.165) is 16.8 Å². The lowest BCUT2D eigenvalue weighted by Crippen LogP contribution is -2.15. The Balaban J connectivity index is 2.04. The van der Waals surface area contributed by atoms with Crippen LogP contribution in [-0.2, 0) is 4.57 Å². The number of nitrogens with one attached hydrogen (secondary N) is 1. The maximum absolute atomic E-state index is 11.9. The van der Waals surface area contributed by atoms with Crippen molar-refractivity contribution in [1.82, 2.24) is 14.4 Å². The van der Waals surface area contributed by atoms with Gasteiger partial charge >= 0.3 is 7.60 Å². The number of hydrogen-bond acceptors (Lipinski definition) is 4. The molecule has 0 spiro atoms. The van der Waals surface area contributed by atoms with Gasteiger partial charge in [0.05, 0.1) is 17.2 Å². The summed E-state index contributed by atoms with van der Waals surface area (Å²) in [5.74, 6) is 0.494. The van der Waals surface area contributed by atoms with Gasteiger partial charge in [-0.25, -0.2) is 9.97 Å². The first-order valence-corrected chi connectivity index (χ1v) is 9.63. The number of imidazole rings is 1. The van der Waals surface area contributed by atoms with Crippen LogP contribution in [0, 0.1) is 13.8 Å². The lowest BCUT2D eigenvalue weighted by molar-refractivity contribution is 0.385.